The molecule has 0 aromatic carbocycles. The van der Waals surface area contributed by atoms with E-state index in [1.165, 1.54) is 0 Å². The summed E-state index contributed by atoms with van der Waals surface area (Å²) in [5, 5.41) is 2.70. The number of hydrogen-bond donors (Lipinski definition) is 1. The Morgan fingerprint density at radius 3 is 1.86 bits per heavy atom. The van der Waals surface area contributed by atoms with E-state index in [0.717, 1.165) is 0 Å². The molecule has 0 bridgehead atoms. The maximum atomic E-state index is 11.9. The molecule has 0 radical (unpaired) electrons. The third-order valence-electron chi connectivity index (χ3n) is 3.46. The van der Waals surface area contributed by atoms with Crippen molar-refractivity contribution >= 4 is 14.9 Å². The highest BCUT2D eigenvalue weighted by atomic mass is 28.4. The molecule has 0 saturated carbocycles. The van der Waals surface area contributed by atoms with Crippen LogP contribution >= 0.6 is 0 Å². The van der Waals surface area contributed by atoms with E-state index in [4.69, 9.17) is 32.2 Å². The van der Waals surface area contributed by atoms with Crippen LogP contribution in [0.25, 0.3) is 0 Å². The number of rotatable bonds is 17. The summed E-state index contributed by atoms with van der Waals surface area (Å²) in [5.41, 5.74) is 0. The Morgan fingerprint density at radius 1 is 0.821 bits per heavy atom. The molecular weight excluding hydrogens is 386 g/mol. The van der Waals surface area contributed by atoms with Crippen LogP contribution in [0.1, 0.15) is 54.9 Å². The quantitative estimate of drug-likeness (QED) is 0.216. The van der Waals surface area contributed by atoms with Crippen LogP contribution in [-0.4, -0.2) is 66.7 Å². The molecule has 0 aromatic rings. The molecule has 3 atom stereocenters. The van der Waals surface area contributed by atoms with E-state index >= 15 is 0 Å². The van der Waals surface area contributed by atoms with E-state index in [9.17, 15) is 4.79 Å². The smallest absolute Gasteiger partial charge is 0.420 e. The van der Waals surface area contributed by atoms with E-state index in [1.54, 1.807) is 20.8 Å². The predicted octanol–water partition coefficient (Wildman–Crippen LogP) is 3.26. The van der Waals surface area contributed by atoms with Crippen LogP contribution in [0.5, 0.6) is 0 Å². The molecule has 0 rings (SSSR count). The Kier molecular flexibility index (Phi) is 15.7. The van der Waals surface area contributed by atoms with E-state index < -0.39 is 33.8 Å². The Hall–Kier alpha value is -0.753. The maximum absolute atomic E-state index is 11.9. The zero-order valence-corrected chi connectivity index (χ0v) is 19.4. The lowest BCUT2D eigenvalue weighted by Gasteiger charge is -2.28. The first kappa shape index (κ1) is 27.2. The summed E-state index contributed by atoms with van der Waals surface area (Å²) >= 11 is 0. The van der Waals surface area contributed by atoms with Crippen molar-refractivity contribution in [2.75, 3.05) is 33.0 Å². The standard InChI is InChI=1S/C18H39NO8Si/c1-8-21-15(5)25-16(6)26-17(7)27-18(20)19-13-12-14-28(22-9-2,23-10-3)24-11-4/h15-17H,8-14H2,1-7H3,(H,19,20). The van der Waals surface area contributed by atoms with Crippen molar-refractivity contribution in [3.8, 4) is 0 Å². The molecule has 10 heteroatoms. The van der Waals surface area contributed by atoms with Gasteiger partial charge in [-0.05, 0) is 54.9 Å². The number of ether oxygens (including phenoxy) is 4. The summed E-state index contributed by atoms with van der Waals surface area (Å²) in [5.74, 6) is 0. The Balaban J connectivity index is 4.18. The molecule has 0 aliphatic heterocycles. The number of carbonyl (C=O) groups is 1. The van der Waals surface area contributed by atoms with Crippen LogP contribution < -0.4 is 5.32 Å². The van der Waals surface area contributed by atoms with Gasteiger partial charge in [0.05, 0.1) is 0 Å². The maximum Gasteiger partial charge on any atom is 0.500 e. The first-order chi connectivity index (χ1) is 13.3. The third kappa shape index (κ3) is 12.7. The molecule has 168 valence electrons. The fraction of sp³-hybridized carbons (Fsp3) is 0.944. The van der Waals surface area contributed by atoms with Crippen LogP contribution in [0.3, 0.4) is 0 Å². The van der Waals surface area contributed by atoms with Gasteiger partial charge in [0.2, 0.25) is 6.29 Å². The fourth-order valence-electron chi connectivity index (χ4n) is 2.56. The van der Waals surface area contributed by atoms with Gasteiger partial charge in [-0.25, -0.2) is 4.79 Å². The minimum atomic E-state index is -2.69. The molecule has 1 N–H and O–H groups in total. The molecule has 0 fully saturated rings. The van der Waals surface area contributed by atoms with Gasteiger partial charge >= 0.3 is 14.9 Å². The van der Waals surface area contributed by atoms with Crippen molar-refractivity contribution in [3.05, 3.63) is 0 Å². The summed E-state index contributed by atoms with van der Waals surface area (Å²) in [6.07, 6.45) is -1.63. The molecule has 0 aliphatic rings. The number of alkyl carbamates (subject to hydrolysis) is 1. The first-order valence-corrected chi connectivity index (χ1v) is 12.0. The van der Waals surface area contributed by atoms with Gasteiger partial charge in [-0.15, -0.1) is 0 Å². The zero-order chi connectivity index (χ0) is 21.4. The third-order valence-corrected chi connectivity index (χ3v) is 6.61. The second-order valence-corrected chi connectivity index (χ2v) is 8.58. The average molecular weight is 426 g/mol. The van der Waals surface area contributed by atoms with E-state index in [2.05, 4.69) is 5.32 Å². The second-order valence-electron chi connectivity index (χ2n) is 5.85. The van der Waals surface area contributed by atoms with E-state index in [0.29, 0.717) is 45.4 Å². The summed E-state index contributed by atoms with van der Waals surface area (Å²) in [6.45, 7) is 15.3. The second kappa shape index (κ2) is 16.1. The molecule has 0 aliphatic carbocycles. The van der Waals surface area contributed by atoms with Crippen LogP contribution in [0, 0.1) is 0 Å². The molecule has 28 heavy (non-hydrogen) atoms. The van der Waals surface area contributed by atoms with Crippen molar-refractivity contribution in [2.24, 2.45) is 0 Å². The Bertz CT molecular complexity index is 385. The molecule has 0 aromatic heterocycles. The normalized spacial score (nSPS) is 15.1. The number of nitrogens with one attached hydrogen (secondary N) is 1. The van der Waals surface area contributed by atoms with Crippen LogP contribution in [-0.2, 0) is 32.2 Å². The van der Waals surface area contributed by atoms with Crippen molar-refractivity contribution < 1.29 is 37.0 Å². The predicted molar refractivity (Wildman–Crippen MR) is 107 cm³/mol. The van der Waals surface area contributed by atoms with Crippen molar-refractivity contribution in [1.82, 2.24) is 5.32 Å². The van der Waals surface area contributed by atoms with Crippen LogP contribution in [0.15, 0.2) is 0 Å². The SMILES string of the molecule is CCOC(C)OC(C)OC(C)OC(=O)NCCC[Si](OCC)(OCC)OCC. The topological polar surface area (TPSA) is 93.7 Å². The summed E-state index contributed by atoms with van der Waals surface area (Å²) in [7, 11) is -2.69. The lowest BCUT2D eigenvalue weighted by molar-refractivity contribution is -0.268. The molecule has 0 spiro atoms. The van der Waals surface area contributed by atoms with Crippen LogP contribution in [0.4, 0.5) is 4.79 Å². The van der Waals surface area contributed by atoms with Gasteiger partial charge in [0.1, 0.15) is 0 Å². The summed E-state index contributed by atoms with van der Waals surface area (Å²) in [4.78, 5) is 11.9. The van der Waals surface area contributed by atoms with Gasteiger partial charge < -0.3 is 37.5 Å². The first-order valence-electron chi connectivity index (χ1n) is 10.1. The molecule has 3 unspecified atom stereocenters. The number of amides is 1. The minimum Gasteiger partial charge on any atom is -0.420 e. The van der Waals surface area contributed by atoms with Gasteiger partial charge in [0.15, 0.2) is 12.6 Å². The van der Waals surface area contributed by atoms with Crippen LogP contribution in [0.2, 0.25) is 6.04 Å². The average Bonchev–Trinajstić information content (AvgIpc) is 2.59. The lowest BCUT2D eigenvalue weighted by atomic mass is 10.5. The largest absolute Gasteiger partial charge is 0.500 e. The molecule has 0 heterocycles. The van der Waals surface area contributed by atoms with Gasteiger partial charge in [-0.1, -0.05) is 0 Å². The van der Waals surface area contributed by atoms with E-state index in [1.807, 2.05) is 27.7 Å². The van der Waals surface area contributed by atoms with Crippen molar-refractivity contribution in [3.63, 3.8) is 0 Å². The zero-order valence-electron chi connectivity index (χ0n) is 18.4. The number of hydrogen-bond acceptors (Lipinski definition) is 8. The van der Waals surface area contributed by atoms with Crippen molar-refractivity contribution in [2.45, 2.75) is 79.8 Å². The van der Waals surface area contributed by atoms with Gasteiger partial charge in [-0.3, -0.25) is 0 Å². The Labute approximate surface area is 170 Å². The summed E-state index contributed by atoms with van der Waals surface area (Å²) in [6, 6.07) is 0.620. The molecule has 9 nitrogen and oxygen atoms in total. The molecule has 1 amide bonds. The molecule has 0 saturated heterocycles. The van der Waals surface area contributed by atoms with Crippen molar-refractivity contribution in [1.29, 1.82) is 0 Å². The Morgan fingerprint density at radius 2 is 1.36 bits per heavy atom. The van der Waals surface area contributed by atoms with Gasteiger partial charge in [0, 0.05) is 39.0 Å². The monoisotopic (exact) mass is 425 g/mol. The lowest BCUT2D eigenvalue weighted by Crippen LogP contribution is -2.46. The fourth-order valence-corrected chi connectivity index (χ4v) is 5.17. The van der Waals surface area contributed by atoms with E-state index in [-0.39, 0.29) is 0 Å². The van der Waals surface area contributed by atoms with Gasteiger partial charge in [-0.2, -0.15) is 0 Å². The highest BCUT2D eigenvalue weighted by molar-refractivity contribution is 6.60. The molecular formula is C18H39NO8Si. The van der Waals surface area contributed by atoms with Gasteiger partial charge in [0.25, 0.3) is 0 Å². The minimum absolute atomic E-state index is 0.397. The summed E-state index contributed by atoms with van der Waals surface area (Å²) < 4.78 is 38.7. The highest BCUT2D eigenvalue weighted by Crippen LogP contribution is 2.17. The highest BCUT2D eigenvalue weighted by Gasteiger charge is 2.39. The number of carbonyl (C=O) groups excluding carboxylic acids is 1.